The first kappa shape index (κ1) is 10.6. The molecule has 1 aromatic carbocycles. The average Bonchev–Trinajstić information content (AvgIpc) is 2.18. The Labute approximate surface area is 96.2 Å². The Bertz CT molecular complexity index is 374. The molecule has 0 unspecified atom stereocenters. The lowest BCUT2D eigenvalue weighted by atomic mass is 9.97. The Morgan fingerprint density at radius 3 is 2.87 bits per heavy atom. The van der Waals surface area contributed by atoms with Crippen LogP contribution < -0.4 is 10.2 Å². The van der Waals surface area contributed by atoms with Crippen LogP contribution in [0.4, 0.5) is 11.4 Å². The van der Waals surface area contributed by atoms with Crippen LogP contribution in [0, 0.1) is 0 Å². The highest BCUT2D eigenvalue weighted by Crippen LogP contribution is 2.40. The van der Waals surface area contributed by atoms with Crippen LogP contribution >= 0.6 is 11.6 Å². The molecule has 0 bridgehead atoms. The summed E-state index contributed by atoms with van der Waals surface area (Å²) in [6.45, 7) is 8.56. The van der Waals surface area contributed by atoms with E-state index in [1.54, 1.807) is 0 Å². The fourth-order valence-electron chi connectivity index (χ4n) is 2.23. The summed E-state index contributed by atoms with van der Waals surface area (Å²) < 4.78 is 0. The first-order valence-corrected chi connectivity index (χ1v) is 5.74. The summed E-state index contributed by atoms with van der Waals surface area (Å²) in [4.78, 5) is 2.36. The molecule has 1 aromatic rings. The molecule has 0 saturated carbocycles. The first-order valence-electron chi connectivity index (χ1n) is 5.36. The van der Waals surface area contributed by atoms with Gasteiger partial charge in [-0.05, 0) is 32.9 Å². The van der Waals surface area contributed by atoms with E-state index < -0.39 is 0 Å². The van der Waals surface area contributed by atoms with Crippen molar-refractivity contribution in [2.24, 2.45) is 0 Å². The van der Waals surface area contributed by atoms with E-state index in [1.807, 2.05) is 12.1 Å². The molecule has 0 amide bonds. The van der Waals surface area contributed by atoms with E-state index in [0.717, 1.165) is 29.5 Å². The van der Waals surface area contributed by atoms with Gasteiger partial charge in [0.05, 0.1) is 21.9 Å². The van der Waals surface area contributed by atoms with Crippen LogP contribution in [0.25, 0.3) is 0 Å². The minimum absolute atomic E-state index is 0.118. The van der Waals surface area contributed by atoms with Gasteiger partial charge < -0.3 is 10.2 Å². The molecule has 1 aliphatic rings. The molecular formula is C12H17ClN2. The summed E-state index contributed by atoms with van der Waals surface area (Å²) in [7, 11) is 0. The van der Waals surface area contributed by atoms with Crippen molar-refractivity contribution in [1.29, 1.82) is 0 Å². The maximum atomic E-state index is 6.26. The van der Waals surface area contributed by atoms with Gasteiger partial charge in [-0.2, -0.15) is 0 Å². The van der Waals surface area contributed by atoms with Crippen LogP contribution in [-0.2, 0) is 0 Å². The summed E-state index contributed by atoms with van der Waals surface area (Å²) in [6, 6.07) is 6.02. The van der Waals surface area contributed by atoms with Gasteiger partial charge >= 0.3 is 0 Å². The Kier molecular flexibility index (Phi) is 2.55. The third kappa shape index (κ3) is 1.67. The van der Waals surface area contributed by atoms with Crippen molar-refractivity contribution < 1.29 is 0 Å². The minimum atomic E-state index is 0.118. The van der Waals surface area contributed by atoms with Gasteiger partial charge in [0.1, 0.15) is 0 Å². The van der Waals surface area contributed by atoms with E-state index in [0.29, 0.717) is 0 Å². The number of likely N-dealkylation sites (N-methyl/N-ethyl adjacent to an activating group) is 1. The molecule has 2 rings (SSSR count). The second kappa shape index (κ2) is 3.60. The van der Waals surface area contributed by atoms with Crippen molar-refractivity contribution in [2.45, 2.75) is 26.3 Å². The smallest absolute Gasteiger partial charge is 0.0796 e. The largest absolute Gasteiger partial charge is 0.381 e. The average molecular weight is 225 g/mol. The van der Waals surface area contributed by atoms with Gasteiger partial charge in [0.25, 0.3) is 0 Å². The summed E-state index contributed by atoms with van der Waals surface area (Å²) in [5.74, 6) is 0. The molecular weight excluding hydrogens is 208 g/mol. The molecule has 0 aliphatic carbocycles. The Balaban J connectivity index is 2.54. The predicted octanol–water partition coefficient (Wildman–Crippen LogP) is 3.37. The minimum Gasteiger partial charge on any atom is -0.381 e. The number of hydrogen-bond acceptors (Lipinski definition) is 2. The monoisotopic (exact) mass is 224 g/mol. The Morgan fingerprint density at radius 1 is 1.47 bits per heavy atom. The number of rotatable bonds is 1. The summed E-state index contributed by atoms with van der Waals surface area (Å²) in [5, 5.41) is 4.26. The van der Waals surface area contributed by atoms with E-state index in [9.17, 15) is 0 Å². The molecule has 82 valence electrons. The van der Waals surface area contributed by atoms with Gasteiger partial charge in [0.2, 0.25) is 0 Å². The molecule has 0 spiro atoms. The van der Waals surface area contributed by atoms with Crippen molar-refractivity contribution in [1.82, 2.24) is 0 Å². The topological polar surface area (TPSA) is 15.3 Å². The SMILES string of the molecule is CCN1c2c(Cl)cccc2NCC1(C)C. The van der Waals surface area contributed by atoms with E-state index in [4.69, 9.17) is 11.6 Å². The Morgan fingerprint density at radius 2 is 2.20 bits per heavy atom. The second-order valence-corrected chi connectivity index (χ2v) is 4.95. The van der Waals surface area contributed by atoms with Crippen molar-refractivity contribution in [2.75, 3.05) is 23.3 Å². The molecule has 0 fully saturated rings. The van der Waals surface area contributed by atoms with Crippen molar-refractivity contribution in [3.8, 4) is 0 Å². The van der Waals surface area contributed by atoms with Gasteiger partial charge in [0, 0.05) is 13.1 Å². The summed E-state index contributed by atoms with van der Waals surface area (Å²) in [6.07, 6.45) is 0. The van der Waals surface area contributed by atoms with E-state index in [1.165, 1.54) is 0 Å². The fourth-order valence-corrected chi connectivity index (χ4v) is 2.50. The number of nitrogens with zero attached hydrogens (tertiary/aromatic N) is 1. The molecule has 1 heterocycles. The molecule has 1 N–H and O–H groups in total. The molecule has 1 aliphatic heterocycles. The predicted molar refractivity (Wildman–Crippen MR) is 67.0 cm³/mol. The molecule has 0 saturated heterocycles. The molecule has 0 radical (unpaired) electrons. The van der Waals surface area contributed by atoms with Crippen molar-refractivity contribution >= 4 is 23.0 Å². The number of nitrogens with one attached hydrogen (secondary N) is 1. The third-order valence-corrected chi connectivity index (χ3v) is 3.32. The summed E-state index contributed by atoms with van der Waals surface area (Å²) >= 11 is 6.26. The van der Waals surface area contributed by atoms with Crippen molar-refractivity contribution in [3.63, 3.8) is 0 Å². The Hall–Kier alpha value is -0.890. The fraction of sp³-hybridized carbons (Fsp3) is 0.500. The molecule has 2 nitrogen and oxygen atoms in total. The number of benzene rings is 1. The molecule has 0 aromatic heterocycles. The van der Waals surface area contributed by atoms with E-state index >= 15 is 0 Å². The number of halogens is 1. The van der Waals surface area contributed by atoms with Crippen LogP contribution in [0.1, 0.15) is 20.8 Å². The van der Waals surface area contributed by atoms with Gasteiger partial charge in [-0.25, -0.2) is 0 Å². The van der Waals surface area contributed by atoms with Crippen molar-refractivity contribution in [3.05, 3.63) is 23.2 Å². The van der Waals surface area contributed by atoms with Crippen LogP contribution in [0.5, 0.6) is 0 Å². The van der Waals surface area contributed by atoms with E-state index in [2.05, 4.69) is 37.1 Å². The zero-order valence-electron chi connectivity index (χ0n) is 9.47. The number of hydrogen-bond donors (Lipinski definition) is 1. The maximum absolute atomic E-state index is 6.26. The maximum Gasteiger partial charge on any atom is 0.0796 e. The highest BCUT2D eigenvalue weighted by molar-refractivity contribution is 6.34. The van der Waals surface area contributed by atoms with Crippen LogP contribution in [0.15, 0.2) is 18.2 Å². The molecule has 15 heavy (non-hydrogen) atoms. The number of fused-ring (bicyclic) bond motifs is 1. The van der Waals surface area contributed by atoms with Crippen LogP contribution in [0.3, 0.4) is 0 Å². The third-order valence-electron chi connectivity index (χ3n) is 3.02. The van der Waals surface area contributed by atoms with Crippen LogP contribution in [-0.4, -0.2) is 18.6 Å². The number of para-hydroxylation sites is 1. The highest BCUT2D eigenvalue weighted by Gasteiger charge is 2.32. The van der Waals surface area contributed by atoms with Gasteiger partial charge in [-0.1, -0.05) is 17.7 Å². The van der Waals surface area contributed by atoms with E-state index in [-0.39, 0.29) is 5.54 Å². The second-order valence-electron chi connectivity index (χ2n) is 4.55. The number of anilines is 2. The molecule has 0 atom stereocenters. The van der Waals surface area contributed by atoms with Crippen LogP contribution in [0.2, 0.25) is 5.02 Å². The van der Waals surface area contributed by atoms with Gasteiger partial charge in [-0.3, -0.25) is 0 Å². The first-order chi connectivity index (χ1) is 7.06. The van der Waals surface area contributed by atoms with Gasteiger partial charge in [0.15, 0.2) is 0 Å². The quantitative estimate of drug-likeness (QED) is 0.787. The standard InChI is InChI=1S/C12H17ClN2/c1-4-15-11-9(13)6-5-7-10(11)14-8-12(15,2)3/h5-7,14H,4,8H2,1-3H3. The zero-order valence-corrected chi connectivity index (χ0v) is 10.2. The lowest BCUT2D eigenvalue weighted by molar-refractivity contribution is 0.480. The van der Waals surface area contributed by atoms with Gasteiger partial charge in [-0.15, -0.1) is 0 Å². The normalized spacial score (nSPS) is 18.3. The summed E-state index contributed by atoms with van der Waals surface area (Å²) in [5.41, 5.74) is 2.40. The molecule has 3 heteroatoms. The lowest BCUT2D eigenvalue weighted by Crippen LogP contribution is -2.52. The zero-order chi connectivity index (χ0) is 11.1. The lowest BCUT2D eigenvalue weighted by Gasteiger charge is -2.45. The highest BCUT2D eigenvalue weighted by atomic mass is 35.5.